The Kier molecular flexibility index (Phi) is 4.73. The van der Waals surface area contributed by atoms with E-state index >= 15 is 0 Å². The van der Waals surface area contributed by atoms with E-state index in [-0.39, 0.29) is 16.9 Å². The summed E-state index contributed by atoms with van der Waals surface area (Å²) < 4.78 is 26.8. The SMILES string of the molecule is CCNC(c1ccc(F)c(Cl)c1)c1cc(F)ccc1C. The normalized spacial score (nSPS) is 12.4. The lowest BCUT2D eigenvalue weighted by Gasteiger charge is -2.21. The molecule has 0 spiro atoms. The summed E-state index contributed by atoms with van der Waals surface area (Å²) in [5.74, 6) is -0.747. The van der Waals surface area contributed by atoms with Crippen LogP contribution in [0.25, 0.3) is 0 Å². The van der Waals surface area contributed by atoms with Crippen LogP contribution < -0.4 is 5.32 Å². The van der Waals surface area contributed by atoms with Crippen molar-refractivity contribution >= 4 is 11.6 Å². The number of rotatable bonds is 4. The minimum Gasteiger partial charge on any atom is -0.307 e. The third-order valence-corrected chi connectivity index (χ3v) is 3.53. The van der Waals surface area contributed by atoms with Gasteiger partial charge in [0.1, 0.15) is 11.6 Å². The molecule has 0 aliphatic rings. The molecule has 1 atom stereocenters. The summed E-state index contributed by atoms with van der Waals surface area (Å²) >= 11 is 5.84. The van der Waals surface area contributed by atoms with Crippen LogP contribution in [0, 0.1) is 18.6 Å². The molecule has 0 bridgehead atoms. The lowest BCUT2D eigenvalue weighted by Crippen LogP contribution is -2.23. The molecule has 0 aromatic heterocycles. The summed E-state index contributed by atoms with van der Waals surface area (Å²) in [6.45, 7) is 4.59. The Bertz CT molecular complexity index is 613. The Balaban J connectivity index is 2.49. The van der Waals surface area contributed by atoms with Crippen molar-refractivity contribution in [1.82, 2.24) is 5.32 Å². The van der Waals surface area contributed by atoms with E-state index in [9.17, 15) is 8.78 Å². The van der Waals surface area contributed by atoms with Crippen molar-refractivity contribution in [3.63, 3.8) is 0 Å². The molecule has 20 heavy (non-hydrogen) atoms. The molecule has 0 radical (unpaired) electrons. The van der Waals surface area contributed by atoms with Gasteiger partial charge in [-0.25, -0.2) is 8.78 Å². The molecule has 106 valence electrons. The average molecular weight is 296 g/mol. The van der Waals surface area contributed by atoms with Crippen molar-refractivity contribution in [3.05, 3.63) is 69.7 Å². The minimum atomic E-state index is -0.457. The van der Waals surface area contributed by atoms with Crippen molar-refractivity contribution in [3.8, 4) is 0 Å². The van der Waals surface area contributed by atoms with E-state index in [1.54, 1.807) is 18.2 Å². The Morgan fingerprint density at radius 2 is 1.90 bits per heavy atom. The van der Waals surface area contributed by atoms with Crippen molar-refractivity contribution in [2.24, 2.45) is 0 Å². The Hall–Kier alpha value is -1.45. The van der Waals surface area contributed by atoms with E-state index in [0.29, 0.717) is 6.54 Å². The van der Waals surface area contributed by atoms with E-state index in [4.69, 9.17) is 11.6 Å². The topological polar surface area (TPSA) is 12.0 Å². The van der Waals surface area contributed by atoms with Crippen LogP contribution in [0.15, 0.2) is 36.4 Å². The third kappa shape index (κ3) is 3.17. The van der Waals surface area contributed by atoms with Gasteiger partial charge in [0.25, 0.3) is 0 Å². The molecule has 0 fully saturated rings. The van der Waals surface area contributed by atoms with E-state index in [0.717, 1.165) is 16.7 Å². The lowest BCUT2D eigenvalue weighted by molar-refractivity contribution is 0.596. The first-order valence-electron chi connectivity index (χ1n) is 6.47. The fourth-order valence-corrected chi connectivity index (χ4v) is 2.41. The highest BCUT2D eigenvalue weighted by atomic mass is 35.5. The number of benzene rings is 2. The van der Waals surface area contributed by atoms with Crippen LogP contribution in [0.5, 0.6) is 0 Å². The van der Waals surface area contributed by atoms with Gasteiger partial charge in [-0.3, -0.25) is 0 Å². The predicted octanol–water partition coefficient (Wildman–Crippen LogP) is 4.63. The van der Waals surface area contributed by atoms with E-state index in [2.05, 4.69) is 5.32 Å². The van der Waals surface area contributed by atoms with Crippen LogP contribution in [0.3, 0.4) is 0 Å². The maximum Gasteiger partial charge on any atom is 0.141 e. The molecule has 1 nitrogen and oxygen atoms in total. The fraction of sp³-hybridized carbons (Fsp3) is 0.250. The molecule has 0 aliphatic carbocycles. The van der Waals surface area contributed by atoms with Gasteiger partial charge < -0.3 is 5.32 Å². The van der Waals surface area contributed by atoms with Crippen LogP contribution in [0.4, 0.5) is 8.78 Å². The summed E-state index contributed by atoms with van der Waals surface area (Å²) in [6, 6.07) is 9.03. The highest BCUT2D eigenvalue weighted by Crippen LogP contribution is 2.28. The summed E-state index contributed by atoms with van der Waals surface area (Å²) in [5.41, 5.74) is 2.61. The first-order valence-corrected chi connectivity index (χ1v) is 6.85. The van der Waals surface area contributed by atoms with Gasteiger partial charge in [-0.05, 0) is 54.4 Å². The van der Waals surface area contributed by atoms with Gasteiger partial charge in [0, 0.05) is 0 Å². The van der Waals surface area contributed by atoms with Crippen LogP contribution in [0.1, 0.15) is 29.7 Å². The number of hydrogen-bond donors (Lipinski definition) is 1. The second-order valence-corrected chi connectivity index (χ2v) is 5.07. The van der Waals surface area contributed by atoms with Crippen LogP contribution in [-0.4, -0.2) is 6.54 Å². The lowest BCUT2D eigenvalue weighted by atomic mass is 9.95. The maximum absolute atomic E-state index is 13.5. The summed E-state index contributed by atoms with van der Waals surface area (Å²) in [4.78, 5) is 0. The van der Waals surface area contributed by atoms with Gasteiger partial charge in [0.05, 0.1) is 11.1 Å². The largest absolute Gasteiger partial charge is 0.307 e. The summed E-state index contributed by atoms with van der Waals surface area (Å²) in [5, 5.41) is 3.35. The van der Waals surface area contributed by atoms with Crippen LogP contribution >= 0.6 is 11.6 Å². The van der Waals surface area contributed by atoms with E-state index < -0.39 is 5.82 Å². The van der Waals surface area contributed by atoms with Crippen LogP contribution in [-0.2, 0) is 0 Å². The van der Waals surface area contributed by atoms with Gasteiger partial charge in [-0.15, -0.1) is 0 Å². The molecule has 0 saturated heterocycles. The first kappa shape index (κ1) is 14.9. The number of aryl methyl sites for hydroxylation is 1. The van der Waals surface area contributed by atoms with E-state index in [1.807, 2.05) is 13.8 Å². The molecular formula is C16H16ClF2N. The fourth-order valence-electron chi connectivity index (χ4n) is 2.23. The Morgan fingerprint density at radius 3 is 2.55 bits per heavy atom. The zero-order chi connectivity index (χ0) is 14.7. The standard InChI is InChI=1S/C16H16ClF2N/c1-3-20-16(11-5-7-15(19)14(17)8-11)13-9-12(18)6-4-10(13)2/h4-9,16,20H,3H2,1-2H3. The van der Waals surface area contributed by atoms with Gasteiger partial charge in [0.15, 0.2) is 0 Å². The van der Waals surface area contributed by atoms with Gasteiger partial charge in [0.2, 0.25) is 0 Å². The molecule has 2 rings (SSSR count). The second-order valence-electron chi connectivity index (χ2n) is 4.67. The van der Waals surface area contributed by atoms with Gasteiger partial charge >= 0.3 is 0 Å². The highest BCUT2D eigenvalue weighted by Gasteiger charge is 2.17. The zero-order valence-electron chi connectivity index (χ0n) is 11.4. The number of halogens is 3. The third-order valence-electron chi connectivity index (χ3n) is 3.24. The zero-order valence-corrected chi connectivity index (χ0v) is 12.1. The molecule has 1 N–H and O–H groups in total. The molecule has 1 unspecified atom stereocenters. The maximum atomic E-state index is 13.5. The monoisotopic (exact) mass is 295 g/mol. The molecular weight excluding hydrogens is 280 g/mol. The van der Waals surface area contributed by atoms with Gasteiger partial charge in [-0.2, -0.15) is 0 Å². The minimum absolute atomic E-state index is 0.0689. The molecule has 2 aromatic rings. The van der Waals surface area contributed by atoms with Crippen LogP contribution in [0.2, 0.25) is 5.02 Å². The average Bonchev–Trinajstić information content (AvgIpc) is 2.42. The smallest absolute Gasteiger partial charge is 0.141 e. The second kappa shape index (κ2) is 6.33. The van der Waals surface area contributed by atoms with Crippen molar-refractivity contribution in [2.75, 3.05) is 6.54 Å². The molecule has 0 saturated carbocycles. The molecule has 0 amide bonds. The quantitative estimate of drug-likeness (QED) is 0.867. The molecule has 0 heterocycles. The molecule has 2 aromatic carbocycles. The Labute approximate surface area is 122 Å². The first-order chi connectivity index (χ1) is 9.52. The van der Waals surface area contributed by atoms with Crippen molar-refractivity contribution < 1.29 is 8.78 Å². The summed E-state index contributed by atoms with van der Waals surface area (Å²) in [6.07, 6.45) is 0. The van der Waals surface area contributed by atoms with E-state index in [1.165, 1.54) is 18.2 Å². The van der Waals surface area contributed by atoms with Gasteiger partial charge in [-0.1, -0.05) is 30.7 Å². The molecule has 0 aliphatic heterocycles. The molecule has 4 heteroatoms. The van der Waals surface area contributed by atoms with Crippen molar-refractivity contribution in [1.29, 1.82) is 0 Å². The number of nitrogens with one attached hydrogen (secondary N) is 1. The highest BCUT2D eigenvalue weighted by molar-refractivity contribution is 6.30. The predicted molar refractivity (Wildman–Crippen MR) is 78.1 cm³/mol. The number of hydrogen-bond acceptors (Lipinski definition) is 1. The Morgan fingerprint density at radius 1 is 1.15 bits per heavy atom. The summed E-state index contributed by atoms with van der Waals surface area (Å²) in [7, 11) is 0. The van der Waals surface area contributed by atoms with Crippen molar-refractivity contribution in [2.45, 2.75) is 19.9 Å².